The molecule has 25 heavy (non-hydrogen) atoms. The van der Waals surface area contributed by atoms with Gasteiger partial charge in [-0.15, -0.1) is 0 Å². The molecule has 0 bridgehead atoms. The lowest BCUT2D eigenvalue weighted by atomic mass is 10.2. The van der Waals surface area contributed by atoms with Gasteiger partial charge < -0.3 is 10.2 Å². The number of hydrogen-bond acceptors (Lipinski definition) is 3. The number of benzene rings is 1. The predicted molar refractivity (Wildman–Crippen MR) is 101 cm³/mol. The van der Waals surface area contributed by atoms with Crippen molar-refractivity contribution in [3.63, 3.8) is 0 Å². The molecular formula is C19H28N6. The van der Waals surface area contributed by atoms with Crippen molar-refractivity contribution in [2.24, 2.45) is 12.0 Å². The zero-order valence-electron chi connectivity index (χ0n) is 15.2. The Balaban J connectivity index is 1.56. The van der Waals surface area contributed by atoms with E-state index in [-0.39, 0.29) is 0 Å². The third-order valence-electron chi connectivity index (χ3n) is 4.57. The summed E-state index contributed by atoms with van der Waals surface area (Å²) >= 11 is 0. The summed E-state index contributed by atoms with van der Waals surface area (Å²) < 4.78 is 1.88. The molecule has 0 unspecified atom stereocenters. The molecule has 1 aromatic carbocycles. The van der Waals surface area contributed by atoms with Gasteiger partial charge in [-0.25, -0.2) is 4.99 Å². The van der Waals surface area contributed by atoms with Gasteiger partial charge >= 0.3 is 0 Å². The first-order valence-corrected chi connectivity index (χ1v) is 9.02. The molecule has 1 N–H and O–H groups in total. The molecule has 1 aliphatic rings. The summed E-state index contributed by atoms with van der Waals surface area (Å²) in [5.74, 6) is 1.00. The quantitative estimate of drug-likeness (QED) is 0.665. The molecule has 0 amide bonds. The van der Waals surface area contributed by atoms with Crippen molar-refractivity contribution in [3.05, 3.63) is 53.9 Å². The second kappa shape index (κ2) is 8.67. The molecule has 0 saturated carbocycles. The lowest BCUT2D eigenvalue weighted by Gasteiger charge is -2.36. The lowest BCUT2D eigenvalue weighted by Crippen LogP contribution is -2.52. The third-order valence-corrected chi connectivity index (χ3v) is 4.57. The number of piperazine rings is 1. The van der Waals surface area contributed by atoms with Crippen LogP contribution in [0.3, 0.4) is 0 Å². The van der Waals surface area contributed by atoms with Crippen molar-refractivity contribution < 1.29 is 0 Å². The molecule has 2 aromatic rings. The largest absolute Gasteiger partial charge is 0.357 e. The van der Waals surface area contributed by atoms with E-state index < -0.39 is 0 Å². The van der Waals surface area contributed by atoms with Crippen LogP contribution in [0.15, 0.2) is 47.6 Å². The summed E-state index contributed by atoms with van der Waals surface area (Å²) in [6.45, 7) is 8.81. The maximum absolute atomic E-state index is 4.80. The fourth-order valence-corrected chi connectivity index (χ4v) is 3.10. The van der Waals surface area contributed by atoms with Crippen molar-refractivity contribution in [3.8, 4) is 0 Å². The highest BCUT2D eigenvalue weighted by Crippen LogP contribution is 2.09. The van der Waals surface area contributed by atoms with Crippen LogP contribution in [-0.2, 0) is 20.1 Å². The Hall–Kier alpha value is -2.34. The normalized spacial score (nSPS) is 16.2. The molecular weight excluding hydrogens is 312 g/mol. The minimum atomic E-state index is 0.656. The number of hydrogen-bond donors (Lipinski definition) is 1. The Kier molecular flexibility index (Phi) is 6.06. The Labute approximate surface area is 150 Å². The van der Waals surface area contributed by atoms with Crippen molar-refractivity contribution in [2.75, 3.05) is 32.7 Å². The Morgan fingerprint density at radius 2 is 1.88 bits per heavy atom. The van der Waals surface area contributed by atoms with Crippen LogP contribution in [0.25, 0.3) is 0 Å². The maximum atomic E-state index is 4.80. The van der Waals surface area contributed by atoms with Crippen molar-refractivity contribution in [1.82, 2.24) is 24.9 Å². The minimum absolute atomic E-state index is 0.656. The summed E-state index contributed by atoms with van der Waals surface area (Å²) in [5, 5.41) is 7.64. The monoisotopic (exact) mass is 340 g/mol. The number of aromatic nitrogens is 2. The van der Waals surface area contributed by atoms with E-state index in [0.717, 1.165) is 50.9 Å². The Bertz CT molecular complexity index is 670. The van der Waals surface area contributed by atoms with Gasteiger partial charge in [0.2, 0.25) is 0 Å². The van der Waals surface area contributed by atoms with E-state index in [1.807, 2.05) is 24.0 Å². The zero-order chi connectivity index (χ0) is 17.5. The molecule has 1 saturated heterocycles. The van der Waals surface area contributed by atoms with Crippen LogP contribution in [0.5, 0.6) is 0 Å². The van der Waals surface area contributed by atoms with E-state index in [9.17, 15) is 0 Å². The van der Waals surface area contributed by atoms with E-state index in [2.05, 4.69) is 57.5 Å². The summed E-state index contributed by atoms with van der Waals surface area (Å²) in [4.78, 5) is 9.67. The highest BCUT2D eigenvalue weighted by atomic mass is 15.3. The van der Waals surface area contributed by atoms with Gasteiger partial charge in [0.15, 0.2) is 5.96 Å². The van der Waals surface area contributed by atoms with E-state index >= 15 is 0 Å². The van der Waals surface area contributed by atoms with Gasteiger partial charge in [0.05, 0.1) is 12.2 Å². The first-order chi connectivity index (χ1) is 12.3. The first kappa shape index (κ1) is 17.5. The highest BCUT2D eigenvalue weighted by molar-refractivity contribution is 5.80. The predicted octanol–water partition coefficient (Wildman–Crippen LogP) is 1.70. The van der Waals surface area contributed by atoms with Crippen molar-refractivity contribution in [1.29, 1.82) is 0 Å². The average Bonchev–Trinajstić information content (AvgIpc) is 3.05. The van der Waals surface area contributed by atoms with Crippen molar-refractivity contribution in [2.45, 2.75) is 20.0 Å². The number of guanidine groups is 1. The molecule has 1 aromatic heterocycles. The summed E-state index contributed by atoms with van der Waals surface area (Å²) in [7, 11) is 1.96. The number of aryl methyl sites for hydroxylation is 1. The molecule has 2 heterocycles. The Morgan fingerprint density at radius 1 is 1.12 bits per heavy atom. The molecule has 0 aliphatic carbocycles. The topological polar surface area (TPSA) is 48.7 Å². The number of aliphatic imine (C=N–C) groups is 1. The fraction of sp³-hybridized carbons (Fsp3) is 0.474. The molecule has 6 heteroatoms. The van der Waals surface area contributed by atoms with Crippen molar-refractivity contribution >= 4 is 5.96 Å². The minimum Gasteiger partial charge on any atom is -0.357 e. The van der Waals surface area contributed by atoms with E-state index in [0.29, 0.717) is 6.54 Å². The van der Waals surface area contributed by atoms with Crippen LogP contribution in [0.4, 0.5) is 0 Å². The van der Waals surface area contributed by atoms with E-state index in [4.69, 9.17) is 4.99 Å². The summed E-state index contributed by atoms with van der Waals surface area (Å²) in [6.07, 6.45) is 1.82. The summed E-state index contributed by atoms with van der Waals surface area (Å²) in [5.41, 5.74) is 2.51. The van der Waals surface area contributed by atoms with E-state index in [1.54, 1.807) is 0 Å². The average molecular weight is 340 g/mol. The van der Waals surface area contributed by atoms with Gasteiger partial charge in [-0.05, 0) is 18.6 Å². The van der Waals surface area contributed by atoms with Gasteiger partial charge in [0.25, 0.3) is 0 Å². The van der Waals surface area contributed by atoms with Gasteiger partial charge in [-0.2, -0.15) is 5.10 Å². The SMILES string of the molecule is CCNC(=NCc1ccnn1C)N1CCN(Cc2ccccc2)CC1. The van der Waals surface area contributed by atoms with Crippen LogP contribution in [-0.4, -0.2) is 58.3 Å². The maximum Gasteiger partial charge on any atom is 0.194 e. The van der Waals surface area contributed by atoms with Crippen LogP contribution in [0, 0.1) is 0 Å². The lowest BCUT2D eigenvalue weighted by molar-refractivity contribution is 0.172. The van der Waals surface area contributed by atoms with Crippen LogP contribution in [0.2, 0.25) is 0 Å². The molecule has 0 spiro atoms. The standard InChI is InChI=1S/C19H28N6/c1-3-20-19(21-15-18-9-10-22-23(18)2)25-13-11-24(12-14-25)16-17-7-5-4-6-8-17/h4-10H,3,11-16H2,1-2H3,(H,20,21). The fourth-order valence-electron chi connectivity index (χ4n) is 3.10. The number of nitrogens with one attached hydrogen (secondary N) is 1. The molecule has 6 nitrogen and oxygen atoms in total. The molecule has 0 atom stereocenters. The second-order valence-electron chi connectivity index (χ2n) is 6.37. The van der Waals surface area contributed by atoms with Gasteiger partial charge in [-0.3, -0.25) is 9.58 Å². The number of rotatable bonds is 5. The van der Waals surface area contributed by atoms with Crippen LogP contribution in [0.1, 0.15) is 18.2 Å². The highest BCUT2D eigenvalue weighted by Gasteiger charge is 2.19. The first-order valence-electron chi connectivity index (χ1n) is 9.02. The van der Waals surface area contributed by atoms with E-state index in [1.165, 1.54) is 5.56 Å². The third kappa shape index (κ3) is 4.82. The van der Waals surface area contributed by atoms with Gasteiger partial charge in [-0.1, -0.05) is 30.3 Å². The molecule has 1 fully saturated rings. The molecule has 0 radical (unpaired) electrons. The zero-order valence-corrected chi connectivity index (χ0v) is 15.2. The van der Waals surface area contributed by atoms with Crippen LogP contribution < -0.4 is 5.32 Å². The van der Waals surface area contributed by atoms with Gasteiger partial charge in [0, 0.05) is 52.5 Å². The molecule has 134 valence electrons. The number of nitrogens with zero attached hydrogens (tertiary/aromatic N) is 5. The Morgan fingerprint density at radius 3 is 2.52 bits per heavy atom. The summed E-state index contributed by atoms with van der Waals surface area (Å²) in [6, 6.07) is 12.7. The smallest absolute Gasteiger partial charge is 0.194 e. The molecule has 3 rings (SSSR count). The molecule has 1 aliphatic heterocycles. The van der Waals surface area contributed by atoms with Gasteiger partial charge in [0.1, 0.15) is 0 Å². The van der Waals surface area contributed by atoms with Crippen LogP contribution >= 0.6 is 0 Å². The second-order valence-corrected chi connectivity index (χ2v) is 6.37.